The van der Waals surface area contributed by atoms with Crippen LogP contribution in [-0.2, 0) is 23.7 Å². The molecule has 2 heterocycles. The molecule has 196 valence electrons. The number of hydrogen-bond acceptors (Lipinski definition) is 8. The van der Waals surface area contributed by atoms with E-state index in [0.29, 0.717) is 17.1 Å². The fourth-order valence-corrected chi connectivity index (χ4v) is 7.32. The van der Waals surface area contributed by atoms with Crippen LogP contribution in [0.2, 0.25) is 0 Å². The van der Waals surface area contributed by atoms with Crippen molar-refractivity contribution in [2.24, 2.45) is 22.7 Å². The molecule has 2 fully saturated rings. The minimum Gasteiger partial charge on any atom is -0.467 e. The number of pyridine rings is 1. The average molecular weight is 500 g/mol. The molecule has 5 atom stereocenters. The van der Waals surface area contributed by atoms with Crippen molar-refractivity contribution in [3.63, 3.8) is 0 Å². The predicted molar refractivity (Wildman–Crippen MR) is 132 cm³/mol. The Labute approximate surface area is 212 Å². The first kappa shape index (κ1) is 26.3. The molecule has 1 aromatic rings. The van der Waals surface area contributed by atoms with E-state index < -0.39 is 29.6 Å². The van der Waals surface area contributed by atoms with Gasteiger partial charge in [0.2, 0.25) is 0 Å². The molecule has 0 radical (unpaired) electrons. The number of ether oxygens (including phenoxy) is 4. The van der Waals surface area contributed by atoms with Gasteiger partial charge in [-0.1, -0.05) is 33.3 Å². The number of rotatable bonds is 4. The van der Waals surface area contributed by atoms with E-state index in [1.807, 2.05) is 0 Å². The van der Waals surface area contributed by atoms with Gasteiger partial charge in [0.15, 0.2) is 11.8 Å². The zero-order chi connectivity index (χ0) is 26.5. The molecular weight excluding hydrogens is 462 g/mol. The van der Waals surface area contributed by atoms with Crippen LogP contribution in [0.3, 0.4) is 0 Å². The van der Waals surface area contributed by atoms with Gasteiger partial charge in [0.1, 0.15) is 5.69 Å². The summed E-state index contributed by atoms with van der Waals surface area (Å²) in [5.74, 6) is -1.45. The highest BCUT2D eigenvalue weighted by atomic mass is 16.6. The summed E-state index contributed by atoms with van der Waals surface area (Å²) in [6, 6.07) is 3.08. The molecular formula is C28H37NO7. The van der Waals surface area contributed by atoms with E-state index in [1.54, 1.807) is 6.07 Å². The second-order valence-corrected chi connectivity index (χ2v) is 11.4. The van der Waals surface area contributed by atoms with Gasteiger partial charge in [-0.05, 0) is 67.1 Å². The lowest BCUT2D eigenvalue weighted by Gasteiger charge is -2.63. The minimum atomic E-state index is -1.04. The van der Waals surface area contributed by atoms with Gasteiger partial charge in [-0.2, -0.15) is 0 Å². The van der Waals surface area contributed by atoms with Crippen molar-refractivity contribution in [3.8, 4) is 0 Å². The van der Waals surface area contributed by atoms with Gasteiger partial charge in [0, 0.05) is 11.5 Å². The van der Waals surface area contributed by atoms with E-state index in [4.69, 9.17) is 18.9 Å². The predicted octanol–water partition coefficient (Wildman–Crippen LogP) is 4.61. The average Bonchev–Trinajstić information content (AvgIpc) is 2.85. The molecule has 8 heteroatoms. The van der Waals surface area contributed by atoms with Crippen LogP contribution in [0.15, 0.2) is 18.2 Å². The summed E-state index contributed by atoms with van der Waals surface area (Å²) >= 11 is 0. The van der Waals surface area contributed by atoms with E-state index in [-0.39, 0.29) is 28.1 Å². The van der Waals surface area contributed by atoms with Crippen molar-refractivity contribution in [3.05, 3.63) is 35.2 Å². The lowest BCUT2D eigenvalue weighted by atomic mass is 9.45. The molecule has 1 aromatic heterocycles. The molecule has 0 bridgehead atoms. The fraction of sp³-hybridized carbons (Fsp3) is 0.643. The van der Waals surface area contributed by atoms with Crippen LogP contribution in [0.4, 0.5) is 0 Å². The van der Waals surface area contributed by atoms with E-state index in [2.05, 4.69) is 38.8 Å². The molecule has 4 rings (SSSR count). The van der Waals surface area contributed by atoms with E-state index in [1.165, 1.54) is 33.8 Å². The third kappa shape index (κ3) is 4.13. The van der Waals surface area contributed by atoms with Gasteiger partial charge >= 0.3 is 17.9 Å². The zero-order valence-electron chi connectivity index (χ0n) is 22.3. The number of methoxy groups -OCH3 is 3. The highest BCUT2D eigenvalue weighted by Crippen LogP contribution is 2.64. The maximum absolute atomic E-state index is 13.0. The number of aromatic nitrogens is 1. The van der Waals surface area contributed by atoms with Crippen molar-refractivity contribution in [2.45, 2.75) is 71.5 Å². The van der Waals surface area contributed by atoms with Gasteiger partial charge in [0.05, 0.1) is 26.9 Å². The second-order valence-electron chi connectivity index (χ2n) is 11.4. The van der Waals surface area contributed by atoms with Gasteiger partial charge in [-0.3, -0.25) is 0 Å². The van der Waals surface area contributed by atoms with Crippen LogP contribution in [0.1, 0.15) is 86.3 Å². The first-order chi connectivity index (χ1) is 16.9. The zero-order valence-corrected chi connectivity index (χ0v) is 22.3. The third-order valence-corrected chi connectivity index (χ3v) is 8.98. The van der Waals surface area contributed by atoms with E-state index >= 15 is 0 Å². The maximum atomic E-state index is 13.0. The van der Waals surface area contributed by atoms with E-state index in [0.717, 1.165) is 25.7 Å². The molecule has 0 unspecified atom stereocenters. The first-order valence-corrected chi connectivity index (χ1v) is 12.6. The molecule has 2 aliphatic carbocycles. The maximum Gasteiger partial charge on any atom is 0.357 e. The lowest BCUT2D eigenvalue weighted by molar-refractivity contribution is -0.202. The fourth-order valence-electron chi connectivity index (χ4n) is 7.32. The molecule has 8 nitrogen and oxygen atoms in total. The van der Waals surface area contributed by atoms with Crippen molar-refractivity contribution < 1.29 is 33.3 Å². The van der Waals surface area contributed by atoms with Crippen molar-refractivity contribution in [2.75, 3.05) is 21.3 Å². The normalized spacial score (nSPS) is 32.9. The summed E-state index contributed by atoms with van der Waals surface area (Å²) in [4.78, 5) is 42.2. The van der Waals surface area contributed by atoms with E-state index in [9.17, 15) is 14.4 Å². The van der Waals surface area contributed by atoms with Crippen LogP contribution in [0, 0.1) is 22.7 Å². The van der Waals surface area contributed by atoms with Gasteiger partial charge < -0.3 is 18.9 Å². The number of hydrogen-bond donors (Lipinski definition) is 0. The Balaban J connectivity index is 1.92. The Morgan fingerprint density at radius 2 is 1.64 bits per heavy atom. The van der Waals surface area contributed by atoms with Gasteiger partial charge in [-0.15, -0.1) is 0 Å². The largest absolute Gasteiger partial charge is 0.467 e. The number of nitrogens with zero attached hydrogens (tertiary/aromatic N) is 1. The molecule has 36 heavy (non-hydrogen) atoms. The van der Waals surface area contributed by atoms with Crippen LogP contribution >= 0.6 is 0 Å². The van der Waals surface area contributed by atoms with Crippen LogP contribution < -0.4 is 0 Å². The first-order valence-electron chi connectivity index (χ1n) is 12.6. The molecule has 0 spiro atoms. The summed E-state index contributed by atoms with van der Waals surface area (Å²) < 4.78 is 21.5. The highest BCUT2D eigenvalue weighted by molar-refractivity contribution is 6.00. The number of carbonyl (C=O) groups is 3. The van der Waals surface area contributed by atoms with Crippen molar-refractivity contribution >= 4 is 23.5 Å². The Morgan fingerprint density at radius 1 is 0.944 bits per heavy atom. The molecule has 1 aliphatic heterocycles. The number of esters is 3. The Kier molecular flexibility index (Phi) is 6.79. The van der Waals surface area contributed by atoms with Crippen LogP contribution in [0.25, 0.3) is 5.57 Å². The highest BCUT2D eigenvalue weighted by Gasteiger charge is 2.60. The monoisotopic (exact) mass is 499 g/mol. The second kappa shape index (κ2) is 9.29. The van der Waals surface area contributed by atoms with Gasteiger partial charge in [0.25, 0.3) is 0 Å². The quantitative estimate of drug-likeness (QED) is 0.437. The summed E-state index contributed by atoms with van der Waals surface area (Å²) in [5, 5.41) is 0. The molecule has 0 amide bonds. The van der Waals surface area contributed by atoms with Gasteiger partial charge in [-0.25, -0.2) is 19.4 Å². The Bertz CT molecular complexity index is 1110. The molecule has 0 aromatic carbocycles. The number of carbonyl (C=O) groups excluding carboxylic acids is 3. The standard InChI is InChI=1S/C28H37NO7/c1-26(2)12-8-13-27(3)19(26)11-14-28(4)20(27)15-17(22(36-28)25(32)35-7)16-9-10-18(23(30)33-5)29-21(16)24(31)34-6/h9-10,15,19-20,22H,8,11-14H2,1-7H3/t19-,20+,22+,27-,28+/m1/s1. The third-order valence-electron chi connectivity index (χ3n) is 8.98. The van der Waals surface area contributed by atoms with Crippen LogP contribution in [0.5, 0.6) is 0 Å². The smallest absolute Gasteiger partial charge is 0.357 e. The summed E-state index contributed by atoms with van der Waals surface area (Å²) in [6.45, 7) is 9.14. The summed E-state index contributed by atoms with van der Waals surface area (Å²) in [6.07, 6.45) is 6.28. The molecule has 2 saturated carbocycles. The molecule has 0 N–H and O–H groups in total. The Morgan fingerprint density at radius 3 is 2.28 bits per heavy atom. The molecule has 0 saturated heterocycles. The lowest BCUT2D eigenvalue weighted by Crippen LogP contribution is -2.60. The minimum absolute atomic E-state index is 0.00464. The number of fused-ring (bicyclic) bond motifs is 3. The Hall–Kier alpha value is -2.74. The topological polar surface area (TPSA) is 101 Å². The molecule has 3 aliphatic rings. The van der Waals surface area contributed by atoms with Crippen molar-refractivity contribution in [1.29, 1.82) is 0 Å². The summed E-state index contributed by atoms with van der Waals surface area (Å²) in [7, 11) is 3.81. The summed E-state index contributed by atoms with van der Waals surface area (Å²) in [5.41, 5.74) is 0.373. The SMILES string of the molecule is COC(=O)c1ccc(C2=C[C@H]3[C@]4(C)CCCC(C)(C)[C@H]4CC[C@]3(C)O[C@@H]2C(=O)OC)c(C(=O)OC)n1. The van der Waals surface area contributed by atoms with Crippen molar-refractivity contribution in [1.82, 2.24) is 4.98 Å². The van der Waals surface area contributed by atoms with Crippen LogP contribution in [-0.4, -0.2) is 55.9 Å².